The zero-order valence-corrected chi connectivity index (χ0v) is 31.2. The lowest BCUT2D eigenvalue weighted by atomic mass is 9.83. The standard InChI is InChI=1S/C21H19BF2N2O6S2.2C6H15N/c1-6-15-7-9-16(10-8-15)17-18-11(2)20(33(27,28)29)13(4)25(18)22(23,24)26-14(5)21(34(30,31)32)12(3)19(17)26;2*1-4-7(5-2)6-3/h1,7-10H,2-5H3,(H,27,28,29)(H,30,31,32);2*4-6H2,1-3H3. The van der Waals surface area contributed by atoms with Gasteiger partial charge in [-0.2, -0.15) is 16.8 Å². The molecule has 1 aromatic carbocycles. The molecule has 0 saturated carbocycles. The first-order valence-corrected chi connectivity index (χ1v) is 18.9. The van der Waals surface area contributed by atoms with Gasteiger partial charge in [0, 0.05) is 29.4 Å². The molecule has 2 N–H and O–H groups in total. The topological polar surface area (TPSA) is 123 Å². The molecule has 2 aliphatic heterocycles. The molecule has 3 heterocycles. The van der Waals surface area contributed by atoms with Gasteiger partial charge in [0.1, 0.15) is 4.90 Å². The molecular formula is C33H49BF2N4O6S2. The van der Waals surface area contributed by atoms with E-state index in [2.05, 4.69) is 57.3 Å². The molecule has 4 rings (SSSR count). The van der Waals surface area contributed by atoms with Gasteiger partial charge in [-0.3, -0.25) is 9.11 Å². The van der Waals surface area contributed by atoms with Gasteiger partial charge in [0.15, 0.2) is 16.3 Å². The van der Waals surface area contributed by atoms with E-state index in [-0.39, 0.29) is 28.1 Å². The van der Waals surface area contributed by atoms with Crippen LogP contribution in [0.4, 0.5) is 8.63 Å². The second kappa shape index (κ2) is 16.1. The van der Waals surface area contributed by atoms with Crippen molar-refractivity contribution < 1.29 is 39.1 Å². The Morgan fingerprint density at radius 1 is 0.812 bits per heavy atom. The maximum atomic E-state index is 16.1. The average Bonchev–Trinajstić information content (AvgIpc) is 3.45. The minimum Gasteiger partial charge on any atom is -0.392 e. The van der Waals surface area contributed by atoms with E-state index in [1.807, 2.05) is 0 Å². The smallest absolute Gasteiger partial charge is 0.392 e. The highest BCUT2D eigenvalue weighted by atomic mass is 32.2. The number of hydrogen-bond donors (Lipinski definition) is 2. The molecule has 0 fully saturated rings. The van der Waals surface area contributed by atoms with Gasteiger partial charge in [0.25, 0.3) is 10.1 Å². The summed E-state index contributed by atoms with van der Waals surface area (Å²) >= 11 is 0. The lowest BCUT2D eigenvalue weighted by molar-refractivity contribution is -0.363. The third-order valence-electron chi connectivity index (χ3n) is 8.89. The van der Waals surface area contributed by atoms with Crippen molar-refractivity contribution in [2.45, 2.75) is 74.1 Å². The summed E-state index contributed by atoms with van der Waals surface area (Å²) in [6, 6.07) is 6.19. The number of aromatic nitrogens is 1. The molecule has 2 aliphatic rings. The minimum atomic E-state index is -4.88. The van der Waals surface area contributed by atoms with Crippen LogP contribution < -0.4 is 0 Å². The molecule has 2 aromatic rings. The predicted octanol–water partition coefficient (Wildman–Crippen LogP) is 5.67. The molecule has 0 aliphatic carbocycles. The first-order chi connectivity index (χ1) is 22.2. The van der Waals surface area contributed by atoms with Crippen molar-refractivity contribution in [1.29, 1.82) is 0 Å². The van der Waals surface area contributed by atoms with Gasteiger partial charge in [-0.1, -0.05) is 59.6 Å². The molecule has 0 atom stereocenters. The van der Waals surface area contributed by atoms with Crippen LogP contribution in [0.3, 0.4) is 0 Å². The number of halogens is 2. The largest absolute Gasteiger partial charge is 0.737 e. The maximum absolute atomic E-state index is 16.1. The SMILES string of the molecule is C#Cc1ccc(C2=C3C(C)=C(S(=O)(=O)O)C(C)=[N+]3[B-](F)(F)n3c(C)c(S(=O)(=O)O)c(C)c32)cc1.CCN(CC)CC.CCN(CC)CC. The summed E-state index contributed by atoms with van der Waals surface area (Å²) in [6.45, 7) is 20.3. The maximum Gasteiger partial charge on any atom is 0.737 e. The fourth-order valence-electron chi connectivity index (χ4n) is 6.40. The number of fused-ring (bicyclic) bond motifs is 2. The van der Waals surface area contributed by atoms with E-state index >= 15 is 8.63 Å². The molecule has 0 spiro atoms. The molecule has 0 bridgehead atoms. The van der Waals surface area contributed by atoms with Gasteiger partial charge in [0.2, 0.25) is 0 Å². The van der Waals surface area contributed by atoms with Crippen LogP contribution in [0.15, 0.2) is 45.3 Å². The predicted molar refractivity (Wildman–Crippen MR) is 190 cm³/mol. The Kier molecular flexibility index (Phi) is 13.7. The first kappa shape index (κ1) is 41.0. The Hall–Kier alpha value is -3.13. The molecule has 0 radical (unpaired) electrons. The summed E-state index contributed by atoms with van der Waals surface area (Å²) in [7, 11) is -9.75. The van der Waals surface area contributed by atoms with Crippen LogP contribution in [-0.2, 0) is 20.2 Å². The van der Waals surface area contributed by atoms with Crippen molar-refractivity contribution in [3.05, 3.63) is 68.5 Å². The summed E-state index contributed by atoms with van der Waals surface area (Å²) < 4.78 is 101. The van der Waals surface area contributed by atoms with Crippen LogP contribution in [0, 0.1) is 26.2 Å². The normalized spacial score (nSPS) is 15.6. The first-order valence-electron chi connectivity index (χ1n) is 16.0. The van der Waals surface area contributed by atoms with E-state index in [1.165, 1.54) is 53.1 Å². The van der Waals surface area contributed by atoms with Crippen LogP contribution >= 0.6 is 0 Å². The van der Waals surface area contributed by atoms with Crippen molar-refractivity contribution in [2.24, 2.45) is 0 Å². The third kappa shape index (κ3) is 8.01. The molecule has 0 saturated heterocycles. The Morgan fingerprint density at radius 3 is 1.58 bits per heavy atom. The van der Waals surface area contributed by atoms with Crippen LogP contribution in [0.2, 0.25) is 0 Å². The Morgan fingerprint density at radius 2 is 1.25 bits per heavy atom. The Balaban J connectivity index is 0.000000479. The van der Waals surface area contributed by atoms with Gasteiger partial charge >= 0.3 is 17.1 Å². The van der Waals surface area contributed by atoms with Gasteiger partial charge in [-0.15, -0.1) is 6.42 Å². The van der Waals surface area contributed by atoms with Gasteiger partial charge in [-0.25, -0.2) is 0 Å². The highest BCUT2D eigenvalue weighted by molar-refractivity contribution is 7.91. The van der Waals surface area contributed by atoms with E-state index in [0.717, 1.165) is 13.8 Å². The number of allylic oxidation sites excluding steroid dienone is 2. The van der Waals surface area contributed by atoms with E-state index in [4.69, 9.17) is 6.42 Å². The Bertz CT molecular complexity index is 1840. The van der Waals surface area contributed by atoms with Crippen molar-refractivity contribution >= 4 is 38.5 Å². The molecule has 48 heavy (non-hydrogen) atoms. The van der Waals surface area contributed by atoms with Crippen molar-refractivity contribution in [3.63, 3.8) is 0 Å². The van der Waals surface area contributed by atoms with Crippen molar-refractivity contribution in [1.82, 2.24) is 14.3 Å². The van der Waals surface area contributed by atoms with Gasteiger partial charge in [0.05, 0.1) is 5.57 Å². The molecule has 0 unspecified atom stereocenters. The Labute approximate surface area is 285 Å². The van der Waals surface area contributed by atoms with E-state index in [9.17, 15) is 25.9 Å². The number of benzene rings is 1. The van der Waals surface area contributed by atoms with E-state index in [1.54, 1.807) is 24.3 Å². The van der Waals surface area contributed by atoms with Crippen LogP contribution in [0.25, 0.3) is 5.57 Å². The van der Waals surface area contributed by atoms with E-state index < -0.39 is 48.4 Å². The summed E-state index contributed by atoms with van der Waals surface area (Å²) in [6.07, 6.45) is 5.41. The van der Waals surface area contributed by atoms with Gasteiger partial charge < -0.3 is 27.4 Å². The summed E-state index contributed by atoms with van der Waals surface area (Å²) in [5.41, 5.74) is -0.535. The highest BCUT2D eigenvalue weighted by Gasteiger charge is 2.58. The minimum absolute atomic E-state index is 0.0994. The van der Waals surface area contributed by atoms with Crippen molar-refractivity contribution in [3.8, 4) is 12.3 Å². The molecule has 1 aromatic heterocycles. The molecule has 266 valence electrons. The molecule has 0 amide bonds. The second-order valence-electron chi connectivity index (χ2n) is 11.4. The van der Waals surface area contributed by atoms with Crippen molar-refractivity contribution in [2.75, 3.05) is 39.3 Å². The van der Waals surface area contributed by atoms with Crippen LogP contribution in [-0.4, -0.2) is 96.7 Å². The van der Waals surface area contributed by atoms with Gasteiger partial charge in [-0.05, 0) is 83.3 Å². The average molecular weight is 711 g/mol. The van der Waals surface area contributed by atoms with Crippen LogP contribution in [0.5, 0.6) is 0 Å². The lowest BCUT2D eigenvalue weighted by Crippen LogP contribution is -2.51. The number of terminal acetylenes is 1. The zero-order chi connectivity index (χ0) is 36.9. The zero-order valence-electron chi connectivity index (χ0n) is 29.6. The summed E-state index contributed by atoms with van der Waals surface area (Å²) in [4.78, 5) is 3.44. The number of rotatable bonds is 9. The third-order valence-corrected chi connectivity index (χ3v) is 11.1. The fourth-order valence-corrected chi connectivity index (χ4v) is 8.31. The quantitative estimate of drug-likeness (QED) is 0.194. The molecule has 10 nitrogen and oxygen atoms in total. The monoisotopic (exact) mass is 710 g/mol. The lowest BCUT2D eigenvalue weighted by Gasteiger charge is -2.33. The highest BCUT2D eigenvalue weighted by Crippen LogP contribution is 2.47. The van der Waals surface area contributed by atoms with Crippen LogP contribution in [0.1, 0.15) is 83.5 Å². The molecular weight excluding hydrogens is 661 g/mol. The fraction of sp³-hybridized carbons (Fsp3) is 0.485. The van der Waals surface area contributed by atoms with E-state index in [0.29, 0.717) is 20.1 Å². The second-order valence-corrected chi connectivity index (χ2v) is 14.1. The molecule has 15 heteroatoms. The number of hydrogen-bond acceptors (Lipinski definition) is 6. The number of nitrogens with zero attached hydrogens (tertiary/aromatic N) is 4. The summed E-state index contributed by atoms with van der Waals surface area (Å²) in [5.74, 6) is 2.44. The summed E-state index contributed by atoms with van der Waals surface area (Å²) in [5, 5.41) is 0.